The van der Waals surface area contributed by atoms with E-state index < -0.39 is 18.4 Å². The van der Waals surface area contributed by atoms with Crippen molar-refractivity contribution in [2.45, 2.75) is 42.5 Å². The van der Waals surface area contributed by atoms with Gasteiger partial charge < -0.3 is 5.11 Å². The van der Waals surface area contributed by atoms with Gasteiger partial charge in [-0.15, -0.1) is 0 Å². The van der Waals surface area contributed by atoms with Gasteiger partial charge in [0, 0.05) is 6.61 Å². The summed E-state index contributed by atoms with van der Waals surface area (Å²) >= 11 is -1.91. The minimum Gasteiger partial charge on any atom is -0.397 e. The molecule has 0 unspecified atom stereocenters. The summed E-state index contributed by atoms with van der Waals surface area (Å²) in [6.45, 7) is 4.78. The molecular formula is C14H29NO2Sn. The van der Waals surface area contributed by atoms with Gasteiger partial charge in [-0.05, 0) is 6.92 Å². The van der Waals surface area contributed by atoms with E-state index in [1.165, 1.54) is 3.58 Å². The molecule has 0 atom stereocenters. The maximum Gasteiger partial charge on any atom is 0.0402 e. The topological polar surface area (TPSA) is 42.4 Å². The molecule has 0 aliphatic carbocycles. The molecule has 0 saturated carbocycles. The second kappa shape index (κ2) is 10.6. The third kappa shape index (κ3) is 8.75. The molecule has 0 amide bonds. The molecule has 0 bridgehead atoms. The van der Waals surface area contributed by atoms with Crippen LogP contribution in [0.3, 0.4) is 0 Å². The van der Waals surface area contributed by atoms with Gasteiger partial charge in [-0.3, -0.25) is 0 Å². The average molecular weight is 362 g/mol. The third-order valence-corrected chi connectivity index (χ3v) is 7.84. The van der Waals surface area contributed by atoms with E-state index in [0.29, 0.717) is 0 Å². The van der Waals surface area contributed by atoms with Crippen molar-refractivity contribution in [1.29, 1.82) is 0 Å². The van der Waals surface area contributed by atoms with E-state index in [9.17, 15) is 0 Å². The van der Waals surface area contributed by atoms with Gasteiger partial charge in [0.15, 0.2) is 0 Å². The van der Waals surface area contributed by atoms with Crippen molar-refractivity contribution in [2.75, 3.05) is 13.2 Å². The Kier molecular flexibility index (Phi) is 11.8. The van der Waals surface area contributed by atoms with Crippen LogP contribution in [-0.2, 0) is 0 Å². The Morgan fingerprint density at radius 3 is 2.11 bits per heavy atom. The largest absolute Gasteiger partial charge is 0.397 e. The van der Waals surface area contributed by atoms with Crippen molar-refractivity contribution in [3.05, 3.63) is 18.3 Å². The number of aliphatic hydroxyl groups is 1. The van der Waals surface area contributed by atoms with Gasteiger partial charge in [0.1, 0.15) is 0 Å². The maximum absolute atomic E-state index is 7.57. The van der Waals surface area contributed by atoms with Crippen LogP contribution in [0.2, 0.25) is 14.8 Å². The molecule has 1 aromatic rings. The molecule has 0 aliphatic heterocycles. The summed E-state index contributed by atoms with van der Waals surface area (Å²) in [5.74, 6) is 0.756. The summed E-state index contributed by atoms with van der Waals surface area (Å²) in [4.78, 5) is 11.5. The van der Waals surface area contributed by atoms with E-state index in [4.69, 9.17) is 9.84 Å². The van der Waals surface area contributed by atoms with Crippen molar-refractivity contribution in [1.82, 2.24) is 4.98 Å². The van der Waals surface area contributed by atoms with Gasteiger partial charge in [0.2, 0.25) is 0 Å². The van der Waals surface area contributed by atoms with Gasteiger partial charge in [-0.2, -0.15) is 0 Å². The zero-order valence-corrected chi connectivity index (χ0v) is 14.5. The normalized spacial score (nSPS) is 9.89. The number of rotatable bonds is 4. The predicted octanol–water partition coefficient (Wildman–Crippen LogP) is 3.05. The molecule has 0 aromatic carbocycles. The fourth-order valence-electron chi connectivity index (χ4n) is 1.12. The number of nitrogens with zero attached hydrogens (tertiary/aromatic N) is 1. The summed E-state index contributed by atoms with van der Waals surface area (Å²) in [6.07, 6.45) is 3.02. The van der Waals surface area contributed by atoms with Crippen molar-refractivity contribution in [3.63, 3.8) is 0 Å². The zero-order chi connectivity index (χ0) is 13.3. The SMILES string of the molecule is C.CCCOc1cc[c]([Sn]([CH3])([CH3])[CH3])cn1.CCO. The molecule has 0 spiro atoms. The van der Waals surface area contributed by atoms with Gasteiger partial charge in [0.25, 0.3) is 0 Å². The summed E-state index contributed by atoms with van der Waals surface area (Å²) in [6, 6.07) is 4.17. The second-order valence-corrected chi connectivity index (χ2v) is 19.3. The Hall–Kier alpha value is -0.291. The van der Waals surface area contributed by atoms with E-state index >= 15 is 0 Å². The minimum atomic E-state index is -1.91. The Morgan fingerprint density at radius 2 is 1.78 bits per heavy atom. The average Bonchev–Trinajstić information content (AvgIpc) is 2.27. The maximum atomic E-state index is 7.57. The quantitative estimate of drug-likeness (QED) is 0.838. The fraction of sp³-hybridized carbons (Fsp3) is 0.643. The molecule has 1 N–H and O–H groups in total. The number of pyridine rings is 1. The Bertz CT molecular complexity index is 294. The van der Waals surface area contributed by atoms with Crippen LogP contribution in [0.5, 0.6) is 5.88 Å². The van der Waals surface area contributed by atoms with Gasteiger partial charge in [-0.25, -0.2) is 0 Å². The molecule has 1 heterocycles. The van der Waals surface area contributed by atoms with Gasteiger partial charge in [0.05, 0.1) is 0 Å². The van der Waals surface area contributed by atoms with Crippen molar-refractivity contribution >= 4 is 22.0 Å². The smallest absolute Gasteiger partial charge is 0.0402 e. The molecule has 0 aliphatic rings. The fourth-order valence-corrected chi connectivity index (χ4v) is 4.07. The molecule has 0 saturated heterocycles. The van der Waals surface area contributed by atoms with Gasteiger partial charge >= 0.3 is 90.7 Å². The number of ether oxygens (including phenoxy) is 1. The number of hydrogen-bond donors (Lipinski definition) is 1. The standard InChI is InChI=1S/C8H10NO.C2H6O.CH4.3CH3.Sn/c1-2-7-10-8-5-3-4-6-9-8;1-2-3;;;;;/h3,5-6H,2,7H2,1H3;3H,2H2,1H3;1H4;3*1H3;. The second-order valence-electron chi connectivity index (χ2n) is 4.80. The first-order chi connectivity index (χ1) is 7.95. The van der Waals surface area contributed by atoms with E-state index in [2.05, 4.69) is 32.8 Å². The van der Waals surface area contributed by atoms with Crippen molar-refractivity contribution in [2.24, 2.45) is 0 Å². The van der Waals surface area contributed by atoms with Crippen LogP contribution in [0.4, 0.5) is 0 Å². The van der Waals surface area contributed by atoms with Gasteiger partial charge in [-0.1, -0.05) is 7.43 Å². The van der Waals surface area contributed by atoms with Crippen LogP contribution in [0, 0.1) is 0 Å². The molecule has 1 aromatic heterocycles. The van der Waals surface area contributed by atoms with Crippen LogP contribution in [0.15, 0.2) is 18.3 Å². The molecule has 3 nitrogen and oxygen atoms in total. The Labute approximate surface area is 116 Å². The first-order valence-electron chi connectivity index (χ1n) is 6.15. The van der Waals surface area contributed by atoms with Crippen molar-refractivity contribution < 1.29 is 9.84 Å². The van der Waals surface area contributed by atoms with Crippen molar-refractivity contribution in [3.8, 4) is 5.88 Å². The Morgan fingerprint density at radius 1 is 1.22 bits per heavy atom. The summed E-state index contributed by atoms with van der Waals surface area (Å²) in [5.41, 5.74) is 0. The predicted molar refractivity (Wildman–Crippen MR) is 82.5 cm³/mol. The van der Waals surface area contributed by atoms with E-state index in [1.54, 1.807) is 6.92 Å². The minimum absolute atomic E-state index is 0. The summed E-state index contributed by atoms with van der Waals surface area (Å²) in [7, 11) is 0. The zero-order valence-electron chi connectivity index (χ0n) is 11.7. The van der Waals surface area contributed by atoms with Crippen LogP contribution < -0.4 is 8.32 Å². The Balaban J connectivity index is 0. The van der Waals surface area contributed by atoms with Crippen LogP contribution in [-0.4, -0.2) is 41.7 Å². The van der Waals surface area contributed by atoms with E-state index in [-0.39, 0.29) is 14.0 Å². The third-order valence-electron chi connectivity index (χ3n) is 2.06. The molecule has 1 rings (SSSR count). The number of aliphatic hydroxyl groups excluding tert-OH is 1. The molecule has 0 fully saturated rings. The summed E-state index contributed by atoms with van der Waals surface area (Å²) in [5, 5.41) is 7.57. The molecular weight excluding hydrogens is 333 g/mol. The van der Waals surface area contributed by atoms with Crippen LogP contribution in [0.25, 0.3) is 0 Å². The first kappa shape index (κ1) is 20.0. The van der Waals surface area contributed by atoms with E-state index in [1.807, 2.05) is 12.3 Å². The first-order valence-corrected chi connectivity index (χ1v) is 16.1. The van der Waals surface area contributed by atoms with E-state index in [0.717, 1.165) is 18.9 Å². The van der Waals surface area contributed by atoms with Crippen LogP contribution >= 0.6 is 0 Å². The molecule has 106 valence electrons. The summed E-state index contributed by atoms with van der Waals surface area (Å²) < 4.78 is 6.88. The molecule has 0 radical (unpaired) electrons. The number of aromatic nitrogens is 1. The van der Waals surface area contributed by atoms with Crippen LogP contribution in [0.1, 0.15) is 27.7 Å². The molecule has 4 heteroatoms. The number of hydrogen-bond acceptors (Lipinski definition) is 3. The monoisotopic (exact) mass is 363 g/mol. The molecule has 18 heavy (non-hydrogen) atoms.